The van der Waals surface area contributed by atoms with Gasteiger partial charge >= 0.3 is 12.1 Å². The lowest BCUT2D eigenvalue weighted by Gasteiger charge is -2.04. The minimum absolute atomic E-state index is 0.259. The molecular formula is C8H7F3N4O. The molecule has 0 unspecified atom stereocenters. The van der Waals surface area contributed by atoms with Crippen molar-refractivity contribution in [3.8, 4) is 0 Å². The van der Waals surface area contributed by atoms with Gasteiger partial charge in [0.2, 0.25) is 0 Å². The van der Waals surface area contributed by atoms with Crippen LogP contribution in [0.2, 0.25) is 0 Å². The van der Waals surface area contributed by atoms with Gasteiger partial charge in [0, 0.05) is 18.0 Å². The van der Waals surface area contributed by atoms with Gasteiger partial charge in [-0.2, -0.15) is 18.3 Å². The number of nitrogens with two attached hydrogens (primary N) is 1. The molecule has 1 aromatic heterocycles. The van der Waals surface area contributed by atoms with Crippen molar-refractivity contribution in [3.05, 3.63) is 30.1 Å². The van der Waals surface area contributed by atoms with Crippen molar-refractivity contribution in [3.63, 3.8) is 0 Å². The van der Waals surface area contributed by atoms with Crippen molar-refractivity contribution >= 4 is 11.7 Å². The van der Waals surface area contributed by atoms with E-state index in [4.69, 9.17) is 5.73 Å². The van der Waals surface area contributed by atoms with Gasteiger partial charge in [-0.15, -0.1) is 0 Å². The molecule has 0 aromatic carbocycles. The van der Waals surface area contributed by atoms with Crippen LogP contribution in [0, 0.1) is 0 Å². The molecule has 0 fully saturated rings. The summed E-state index contributed by atoms with van der Waals surface area (Å²) in [5.74, 6) is -2.44. The topological polar surface area (TPSA) is 80.4 Å². The number of pyridine rings is 1. The monoisotopic (exact) mass is 232 g/mol. The van der Waals surface area contributed by atoms with Crippen molar-refractivity contribution in [2.45, 2.75) is 6.18 Å². The summed E-state index contributed by atoms with van der Waals surface area (Å²) >= 11 is 0. The first kappa shape index (κ1) is 12.0. The number of hydrazone groups is 1. The van der Waals surface area contributed by atoms with Crippen LogP contribution in [0.25, 0.3) is 0 Å². The third-order valence-corrected chi connectivity index (χ3v) is 1.49. The number of carbonyl (C=O) groups excluding carboxylic acids is 1. The van der Waals surface area contributed by atoms with E-state index in [1.54, 1.807) is 0 Å². The molecule has 8 heteroatoms. The van der Waals surface area contributed by atoms with E-state index in [0.717, 1.165) is 0 Å². The van der Waals surface area contributed by atoms with E-state index in [9.17, 15) is 18.0 Å². The SMILES string of the molecule is N/C(=N\NC(=O)C(F)(F)F)c1cccnc1. The molecule has 0 aliphatic rings. The van der Waals surface area contributed by atoms with Gasteiger partial charge in [0.1, 0.15) is 0 Å². The fraction of sp³-hybridized carbons (Fsp3) is 0.125. The maximum atomic E-state index is 11.8. The highest BCUT2D eigenvalue weighted by Crippen LogP contribution is 2.13. The summed E-state index contributed by atoms with van der Waals surface area (Å²) in [6.07, 6.45) is -2.22. The third-order valence-electron chi connectivity index (χ3n) is 1.49. The van der Waals surface area contributed by atoms with Crippen LogP contribution in [0.4, 0.5) is 13.2 Å². The summed E-state index contributed by atoms with van der Waals surface area (Å²) in [7, 11) is 0. The van der Waals surface area contributed by atoms with Crippen molar-refractivity contribution in [2.75, 3.05) is 0 Å². The molecule has 16 heavy (non-hydrogen) atoms. The fourth-order valence-corrected chi connectivity index (χ4v) is 0.753. The van der Waals surface area contributed by atoms with Gasteiger partial charge in [0.15, 0.2) is 5.84 Å². The zero-order valence-electron chi connectivity index (χ0n) is 7.82. The molecule has 0 aliphatic heterocycles. The molecule has 0 bridgehead atoms. The first-order valence-corrected chi connectivity index (χ1v) is 4.02. The van der Waals surface area contributed by atoms with Gasteiger partial charge < -0.3 is 5.73 Å². The van der Waals surface area contributed by atoms with Gasteiger partial charge in [-0.3, -0.25) is 9.78 Å². The van der Waals surface area contributed by atoms with Crippen molar-refractivity contribution in [1.82, 2.24) is 10.4 Å². The van der Waals surface area contributed by atoms with Crippen LogP contribution in [0.1, 0.15) is 5.56 Å². The Morgan fingerprint density at radius 2 is 2.19 bits per heavy atom. The predicted octanol–water partition coefficient (Wildman–Crippen LogP) is 0.380. The van der Waals surface area contributed by atoms with Crippen LogP contribution in [0.3, 0.4) is 0 Å². The number of aromatic nitrogens is 1. The lowest BCUT2D eigenvalue weighted by molar-refractivity contribution is -0.173. The summed E-state index contributed by atoms with van der Waals surface area (Å²) in [5, 5.41) is 3.10. The van der Waals surface area contributed by atoms with E-state index in [1.807, 2.05) is 0 Å². The number of amidine groups is 1. The Labute approximate surface area is 88.2 Å². The number of rotatable bonds is 2. The molecule has 0 spiro atoms. The smallest absolute Gasteiger partial charge is 0.382 e. The first-order valence-electron chi connectivity index (χ1n) is 4.02. The van der Waals surface area contributed by atoms with Crippen LogP contribution in [0.15, 0.2) is 29.6 Å². The van der Waals surface area contributed by atoms with E-state index in [-0.39, 0.29) is 5.84 Å². The zero-order valence-corrected chi connectivity index (χ0v) is 7.82. The van der Waals surface area contributed by atoms with Crippen LogP contribution >= 0.6 is 0 Å². The molecule has 3 N–H and O–H groups in total. The quantitative estimate of drug-likeness (QED) is 0.439. The van der Waals surface area contributed by atoms with Crippen LogP contribution in [-0.2, 0) is 4.79 Å². The summed E-state index contributed by atoms with van der Waals surface area (Å²) in [4.78, 5) is 14.1. The van der Waals surface area contributed by atoms with Crippen LogP contribution in [-0.4, -0.2) is 22.9 Å². The normalized spacial score (nSPS) is 12.3. The second-order valence-corrected chi connectivity index (χ2v) is 2.68. The van der Waals surface area contributed by atoms with Gasteiger partial charge in [0.05, 0.1) is 0 Å². The predicted molar refractivity (Wildman–Crippen MR) is 49.2 cm³/mol. The summed E-state index contributed by atoms with van der Waals surface area (Å²) in [5.41, 5.74) is 6.92. The van der Waals surface area contributed by atoms with E-state index >= 15 is 0 Å². The summed E-state index contributed by atoms with van der Waals surface area (Å²) in [6.45, 7) is 0. The lowest BCUT2D eigenvalue weighted by Crippen LogP contribution is -2.35. The van der Waals surface area contributed by atoms with Gasteiger partial charge in [-0.25, -0.2) is 5.43 Å². The van der Waals surface area contributed by atoms with Crippen LogP contribution in [0.5, 0.6) is 0 Å². The van der Waals surface area contributed by atoms with E-state index in [0.29, 0.717) is 5.56 Å². The molecule has 1 aromatic rings. The minimum Gasteiger partial charge on any atom is -0.382 e. The molecule has 0 saturated carbocycles. The molecule has 1 amide bonds. The second-order valence-electron chi connectivity index (χ2n) is 2.68. The van der Waals surface area contributed by atoms with Crippen molar-refractivity contribution in [1.29, 1.82) is 0 Å². The number of nitrogens with zero attached hydrogens (tertiary/aromatic N) is 2. The third kappa shape index (κ3) is 3.23. The highest BCUT2D eigenvalue weighted by Gasteiger charge is 2.38. The molecule has 1 rings (SSSR count). The Kier molecular flexibility index (Phi) is 3.44. The number of hydrogen-bond donors (Lipinski definition) is 2. The summed E-state index contributed by atoms with van der Waals surface area (Å²) < 4.78 is 35.3. The number of carbonyl (C=O) groups is 1. The number of halogens is 3. The Hall–Kier alpha value is -2.12. The molecule has 0 radical (unpaired) electrons. The Morgan fingerprint density at radius 1 is 1.50 bits per heavy atom. The fourth-order valence-electron chi connectivity index (χ4n) is 0.753. The van der Waals surface area contributed by atoms with Gasteiger partial charge in [0.25, 0.3) is 0 Å². The molecular weight excluding hydrogens is 225 g/mol. The number of hydrogen-bond acceptors (Lipinski definition) is 3. The molecule has 0 aliphatic carbocycles. The van der Waals surface area contributed by atoms with Crippen LogP contribution < -0.4 is 11.2 Å². The second kappa shape index (κ2) is 4.60. The largest absolute Gasteiger partial charge is 0.473 e. The molecule has 5 nitrogen and oxygen atoms in total. The van der Waals surface area contributed by atoms with Crippen molar-refractivity contribution < 1.29 is 18.0 Å². The zero-order chi connectivity index (χ0) is 12.2. The number of nitrogens with one attached hydrogen (secondary N) is 1. The lowest BCUT2D eigenvalue weighted by atomic mass is 10.3. The van der Waals surface area contributed by atoms with E-state index < -0.39 is 12.1 Å². The standard InChI is InChI=1S/C8H7F3N4O/c9-8(10,11)7(16)15-14-6(12)5-2-1-3-13-4-5/h1-4H,(H2,12,14)(H,15,16). The number of amides is 1. The van der Waals surface area contributed by atoms with E-state index in [1.165, 1.54) is 30.0 Å². The van der Waals surface area contributed by atoms with Gasteiger partial charge in [-0.05, 0) is 12.1 Å². The van der Waals surface area contributed by atoms with E-state index in [2.05, 4.69) is 10.1 Å². The highest BCUT2D eigenvalue weighted by molar-refractivity contribution is 5.97. The molecule has 1 heterocycles. The molecule has 0 atom stereocenters. The first-order chi connectivity index (χ1) is 7.41. The average Bonchev–Trinajstić information content (AvgIpc) is 2.25. The molecule has 0 saturated heterocycles. The summed E-state index contributed by atoms with van der Waals surface area (Å²) in [6, 6.07) is 3.02. The van der Waals surface area contributed by atoms with Crippen molar-refractivity contribution in [2.24, 2.45) is 10.8 Å². The Morgan fingerprint density at radius 3 is 2.69 bits per heavy atom. The maximum Gasteiger partial charge on any atom is 0.473 e. The number of alkyl halides is 3. The van der Waals surface area contributed by atoms with Gasteiger partial charge in [-0.1, -0.05) is 0 Å². The highest BCUT2D eigenvalue weighted by atomic mass is 19.4. The molecule has 86 valence electrons. The maximum absolute atomic E-state index is 11.8. The Bertz CT molecular complexity index is 401. The Balaban J connectivity index is 2.70. The average molecular weight is 232 g/mol. The minimum atomic E-state index is -4.99.